The number of nitrogens with one attached hydrogen (secondary N) is 1. The summed E-state index contributed by atoms with van der Waals surface area (Å²) >= 11 is 1.78. The number of likely N-dealkylation sites (tertiary alicyclic amines) is 2. The molecule has 2 fully saturated rings. The summed E-state index contributed by atoms with van der Waals surface area (Å²) in [6.45, 7) is 9.76. The summed E-state index contributed by atoms with van der Waals surface area (Å²) in [4.78, 5) is 15.5. The lowest BCUT2D eigenvalue weighted by Gasteiger charge is -2.32. The summed E-state index contributed by atoms with van der Waals surface area (Å²) in [5, 5.41) is 4.64. The van der Waals surface area contributed by atoms with Crippen LogP contribution in [0.1, 0.15) is 41.3 Å². The van der Waals surface area contributed by atoms with Crippen LogP contribution in [-0.2, 0) is 6.54 Å². The minimum absolute atomic E-state index is 0. The lowest BCUT2D eigenvalue weighted by Crippen LogP contribution is -2.44. The highest BCUT2D eigenvalue weighted by atomic mass is 127. The number of rotatable bonds is 3. The molecule has 0 bridgehead atoms. The van der Waals surface area contributed by atoms with Crippen molar-refractivity contribution in [2.45, 2.75) is 52.1 Å². The summed E-state index contributed by atoms with van der Waals surface area (Å²) in [6, 6.07) is 0.707. The third-order valence-corrected chi connectivity index (χ3v) is 6.13. The van der Waals surface area contributed by atoms with Crippen molar-refractivity contribution in [2.75, 3.05) is 33.2 Å². The molecule has 0 radical (unpaired) electrons. The van der Waals surface area contributed by atoms with Crippen LogP contribution in [0, 0.1) is 13.8 Å². The van der Waals surface area contributed by atoms with Gasteiger partial charge in [-0.15, -0.1) is 35.3 Å². The Balaban J connectivity index is 0.00000208. The molecule has 3 rings (SSSR count). The topological polar surface area (TPSA) is 43.8 Å². The van der Waals surface area contributed by atoms with Gasteiger partial charge in [0.2, 0.25) is 0 Å². The minimum atomic E-state index is 0. The largest absolute Gasteiger partial charge is 0.350 e. The highest BCUT2D eigenvalue weighted by molar-refractivity contribution is 14.0. The quantitative estimate of drug-likeness (QED) is 0.425. The van der Waals surface area contributed by atoms with E-state index in [1.54, 1.807) is 11.3 Å². The van der Waals surface area contributed by atoms with E-state index in [0.717, 1.165) is 36.3 Å². The molecule has 7 heteroatoms. The van der Waals surface area contributed by atoms with E-state index in [2.05, 4.69) is 38.9 Å². The van der Waals surface area contributed by atoms with E-state index >= 15 is 0 Å². The Morgan fingerprint density at radius 2 is 2.00 bits per heavy atom. The van der Waals surface area contributed by atoms with E-state index in [1.165, 1.54) is 43.6 Å². The third-order valence-electron chi connectivity index (χ3n) is 5.05. The minimum Gasteiger partial charge on any atom is -0.350 e. The average molecular weight is 463 g/mol. The standard InChI is InChI=1S/C17H29N5S.HI/c1-13-14(2)23-16(20-13)11-19-17(18-3)22-10-7-15(12-22)21-8-5-4-6-9-21;/h15H,4-12H2,1-3H3,(H,18,19);1H. The van der Waals surface area contributed by atoms with Crippen LogP contribution in [0.4, 0.5) is 0 Å². The van der Waals surface area contributed by atoms with Crippen LogP contribution in [0.5, 0.6) is 0 Å². The number of halogens is 1. The second kappa shape index (κ2) is 9.33. The van der Waals surface area contributed by atoms with Gasteiger partial charge in [0.1, 0.15) is 5.01 Å². The number of hydrogen-bond acceptors (Lipinski definition) is 4. The first-order chi connectivity index (χ1) is 11.2. The van der Waals surface area contributed by atoms with E-state index in [9.17, 15) is 0 Å². The summed E-state index contributed by atoms with van der Waals surface area (Å²) < 4.78 is 0. The van der Waals surface area contributed by atoms with Crippen LogP contribution in [0.15, 0.2) is 4.99 Å². The fourth-order valence-corrected chi connectivity index (χ4v) is 4.49. The zero-order chi connectivity index (χ0) is 16.2. The molecule has 24 heavy (non-hydrogen) atoms. The first kappa shape index (κ1) is 19.9. The summed E-state index contributed by atoms with van der Waals surface area (Å²) in [7, 11) is 1.88. The van der Waals surface area contributed by atoms with Crippen molar-refractivity contribution in [1.82, 2.24) is 20.1 Å². The highest BCUT2D eigenvalue weighted by Crippen LogP contribution is 2.20. The van der Waals surface area contributed by atoms with Crippen molar-refractivity contribution < 1.29 is 0 Å². The zero-order valence-corrected chi connectivity index (χ0v) is 18.2. The molecule has 0 spiro atoms. The summed E-state index contributed by atoms with van der Waals surface area (Å²) in [5.74, 6) is 1.02. The second-order valence-electron chi connectivity index (χ2n) is 6.64. The molecular formula is C17H30IN5S. The Morgan fingerprint density at radius 1 is 1.25 bits per heavy atom. The smallest absolute Gasteiger partial charge is 0.194 e. The number of nitrogens with zero attached hydrogens (tertiary/aromatic N) is 4. The van der Waals surface area contributed by atoms with Crippen LogP contribution in [-0.4, -0.2) is 60.0 Å². The van der Waals surface area contributed by atoms with Crippen molar-refractivity contribution >= 4 is 41.3 Å². The van der Waals surface area contributed by atoms with Crippen LogP contribution in [0.25, 0.3) is 0 Å². The van der Waals surface area contributed by atoms with E-state index in [0.29, 0.717) is 6.04 Å². The Labute approximate surface area is 166 Å². The zero-order valence-electron chi connectivity index (χ0n) is 15.0. The number of hydrogen-bond donors (Lipinski definition) is 1. The fourth-order valence-electron chi connectivity index (χ4n) is 3.62. The summed E-state index contributed by atoms with van der Waals surface area (Å²) in [5.41, 5.74) is 1.15. The number of thiazole rings is 1. The summed E-state index contributed by atoms with van der Waals surface area (Å²) in [6.07, 6.45) is 5.40. The van der Waals surface area contributed by atoms with Crippen molar-refractivity contribution in [1.29, 1.82) is 0 Å². The third kappa shape index (κ3) is 4.82. The molecule has 0 amide bonds. The van der Waals surface area contributed by atoms with Gasteiger partial charge in [-0.3, -0.25) is 9.89 Å². The number of piperidine rings is 1. The van der Waals surface area contributed by atoms with Gasteiger partial charge in [0.15, 0.2) is 5.96 Å². The van der Waals surface area contributed by atoms with Gasteiger partial charge in [-0.2, -0.15) is 0 Å². The van der Waals surface area contributed by atoms with Gasteiger partial charge in [-0.05, 0) is 46.2 Å². The molecule has 0 aliphatic carbocycles. The monoisotopic (exact) mass is 463 g/mol. The predicted molar refractivity (Wildman–Crippen MR) is 113 cm³/mol. The molecule has 2 aliphatic rings. The molecule has 5 nitrogen and oxygen atoms in total. The van der Waals surface area contributed by atoms with Gasteiger partial charge in [0, 0.05) is 31.1 Å². The maximum atomic E-state index is 4.61. The molecule has 1 aromatic heterocycles. The molecule has 1 unspecified atom stereocenters. The SMILES string of the molecule is CN=C(NCc1nc(C)c(C)s1)N1CCC(N2CCCCC2)C1.I. The number of aromatic nitrogens is 1. The van der Waals surface area contributed by atoms with Crippen molar-refractivity contribution in [2.24, 2.45) is 4.99 Å². The predicted octanol–water partition coefficient (Wildman–Crippen LogP) is 3.01. The van der Waals surface area contributed by atoms with E-state index < -0.39 is 0 Å². The normalized spacial score (nSPS) is 22.5. The first-order valence-electron chi connectivity index (χ1n) is 8.80. The lowest BCUT2D eigenvalue weighted by molar-refractivity contribution is 0.168. The Bertz CT molecular complexity index is 534. The molecule has 1 N–H and O–H groups in total. The molecule has 0 aromatic carbocycles. The molecule has 1 atom stereocenters. The maximum absolute atomic E-state index is 4.61. The number of guanidine groups is 1. The molecule has 2 aliphatic heterocycles. The molecule has 2 saturated heterocycles. The van der Waals surface area contributed by atoms with Crippen LogP contribution in [0.2, 0.25) is 0 Å². The van der Waals surface area contributed by atoms with E-state index in [1.807, 2.05) is 7.05 Å². The molecule has 3 heterocycles. The first-order valence-corrected chi connectivity index (χ1v) is 9.61. The second-order valence-corrected chi connectivity index (χ2v) is 7.92. The van der Waals surface area contributed by atoms with Gasteiger partial charge in [0.05, 0.1) is 12.2 Å². The van der Waals surface area contributed by atoms with Crippen LogP contribution < -0.4 is 5.32 Å². The number of aliphatic imine (C=N–C) groups is 1. The molecule has 136 valence electrons. The van der Waals surface area contributed by atoms with E-state index in [4.69, 9.17) is 0 Å². The van der Waals surface area contributed by atoms with Crippen molar-refractivity contribution in [3.8, 4) is 0 Å². The Hall–Kier alpha value is -0.410. The van der Waals surface area contributed by atoms with Crippen molar-refractivity contribution in [3.05, 3.63) is 15.6 Å². The van der Waals surface area contributed by atoms with Gasteiger partial charge in [-0.1, -0.05) is 6.42 Å². The van der Waals surface area contributed by atoms with Gasteiger partial charge in [-0.25, -0.2) is 4.98 Å². The maximum Gasteiger partial charge on any atom is 0.194 e. The van der Waals surface area contributed by atoms with Crippen LogP contribution >= 0.6 is 35.3 Å². The Morgan fingerprint density at radius 3 is 2.62 bits per heavy atom. The highest BCUT2D eigenvalue weighted by Gasteiger charge is 2.29. The van der Waals surface area contributed by atoms with Gasteiger partial charge < -0.3 is 10.2 Å². The fraction of sp³-hybridized carbons (Fsp3) is 0.765. The van der Waals surface area contributed by atoms with Crippen LogP contribution in [0.3, 0.4) is 0 Å². The Kier molecular flexibility index (Phi) is 7.74. The van der Waals surface area contributed by atoms with Crippen molar-refractivity contribution in [3.63, 3.8) is 0 Å². The van der Waals surface area contributed by atoms with Gasteiger partial charge in [0.25, 0.3) is 0 Å². The number of aryl methyl sites for hydroxylation is 2. The molecule has 0 saturated carbocycles. The van der Waals surface area contributed by atoms with Gasteiger partial charge >= 0.3 is 0 Å². The van der Waals surface area contributed by atoms with E-state index in [-0.39, 0.29) is 24.0 Å². The lowest BCUT2D eigenvalue weighted by atomic mass is 10.1. The molecule has 1 aromatic rings. The average Bonchev–Trinajstić information content (AvgIpc) is 3.17. The molecular weight excluding hydrogens is 433 g/mol.